The number of anilines is 1. The SMILES string of the molecule is C=CCOC(=O)c1sc(N2C(=O)C(=O)/C(=C(/O)c3ccc4c(c3)CC(C)O4)C2c2cccc(OC)c2OC)nc1C. The number of methoxy groups -OCH3 is 2. The van der Waals surface area contributed by atoms with Gasteiger partial charge in [0.15, 0.2) is 16.6 Å². The molecule has 1 saturated heterocycles. The lowest BCUT2D eigenvalue weighted by Crippen LogP contribution is -2.29. The van der Waals surface area contributed by atoms with Crippen LogP contribution in [0.3, 0.4) is 0 Å². The summed E-state index contributed by atoms with van der Waals surface area (Å²) in [5.74, 6) is -1.48. The number of amides is 1. The number of thiazole rings is 1. The number of hydrogen-bond acceptors (Lipinski definition) is 10. The molecule has 2 atom stereocenters. The third-order valence-electron chi connectivity index (χ3n) is 6.85. The molecule has 41 heavy (non-hydrogen) atoms. The molecule has 0 aliphatic carbocycles. The summed E-state index contributed by atoms with van der Waals surface area (Å²) in [5, 5.41) is 11.7. The first-order valence-electron chi connectivity index (χ1n) is 12.8. The number of carbonyl (C=O) groups is 3. The molecule has 0 spiro atoms. The first kappa shape index (κ1) is 27.9. The third kappa shape index (κ3) is 4.82. The predicted molar refractivity (Wildman–Crippen MR) is 152 cm³/mol. The maximum absolute atomic E-state index is 13.7. The Morgan fingerprint density at radius 1 is 1.24 bits per heavy atom. The second-order valence-electron chi connectivity index (χ2n) is 9.51. The van der Waals surface area contributed by atoms with E-state index in [2.05, 4.69) is 11.6 Å². The van der Waals surface area contributed by atoms with Crippen molar-refractivity contribution in [1.82, 2.24) is 4.98 Å². The fourth-order valence-corrected chi connectivity index (χ4v) is 6.04. The lowest BCUT2D eigenvalue weighted by Gasteiger charge is -2.25. The minimum Gasteiger partial charge on any atom is -0.507 e. The molecule has 5 rings (SSSR count). The lowest BCUT2D eigenvalue weighted by molar-refractivity contribution is -0.132. The number of aryl methyl sites for hydroxylation is 1. The molecule has 0 saturated carbocycles. The van der Waals surface area contributed by atoms with Crippen LogP contribution in [0.25, 0.3) is 5.76 Å². The number of esters is 1. The number of fused-ring (bicyclic) bond motifs is 1. The minimum atomic E-state index is -1.15. The molecule has 11 heteroatoms. The number of nitrogens with zero attached hydrogens (tertiary/aromatic N) is 2. The van der Waals surface area contributed by atoms with Crippen molar-refractivity contribution < 1.29 is 38.4 Å². The van der Waals surface area contributed by atoms with Gasteiger partial charge in [0.05, 0.1) is 25.5 Å². The van der Waals surface area contributed by atoms with E-state index in [4.69, 9.17) is 18.9 Å². The van der Waals surface area contributed by atoms with Crippen LogP contribution in [-0.2, 0) is 20.7 Å². The zero-order valence-corrected chi connectivity index (χ0v) is 23.7. The van der Waals surface area contributed by atoms with Crippen LogP contribution in [0.5, 0.6) is 17.2 Å². The van der Waals surface area contributed by atoms with Gasteiger partial charge >= 0.3 is 11.9 Å². The second kappa shape index (κ2) is 11.1. The van der Waals surface area contributed by atoms with Crippen LogP contribution >= 0.6 is 11.3 Å². The number of aliphatic hydroxyl groups is 1. The molecule has 2 aliphatic heterocycles. The number of benzene rings is 2. The maximum atomic E-state index is 13.7. The van der Waals surface area contributed by atoms with Crippen molar-refractivity contribution in [3.63, 3.8) is 0 Å². The van der Waals surface area contributed by atoms with Crippen molar-refractivity contribution in [2.45, 2.75) is 32.4 Å². The van der Waals surface area contributed by atoms with Gasteiger partial charge in [0.1, 0.15) is 35.1 Å². The van der Waals surface area contributed by atoms with E-state index >= 15 is 0 Å². The Hall–Kier alpha value is -4.64. The van der Waals surface area contributed by atoms with E-state index in [1.807, 2.05) is 6.92 Å². The maximum Gasteiger partial charge on any atom is 0.350 e. The van der Waals surface area contributed by atoms with Crippen LogP contribution in [0, 0.1) is 6.92 Å². The van der Waals surface area contributed by atoms with E-state index in [-0.39, 0.29) is 39.8 Å². The third-order valence-corrected chi connectivity index (χ3v) is 7.99. The summed E-state index contributed by atoms with van der Waals surface area (Å²) >= 11 is 0.909. The number of hydrogen-bond donors (Lipinski definition) is 1. The summed E-state index contributed by atoms with van der Waals surface area (Å²) in [4.78, 5) is 45.8. The number of aromatic nitrogens is 1. The van der Waals surface area contributed by atoms with Crippen LogP contribution in [0.1, 0.15) is 45.0 Å². The molecular weight excluding hydrogens is 548 g/mol. The van der Waals surface area contributed by atoms with Gasteiger partial charge in [-0.3, -0.25) is 14.5 Å². The summed E-state index contributed by atoms with van der Waals surface area (Å²) in [6, 6.07) is 9.02. The molecule has 1 N–H and O–H groups in total. The molecule has 212 valence electrons. The van der Waals surface area contributed by atoms with Gasteiger partial charge in [0, 0.05) is 17.5 Å². The van der Waals surface area contributed by atoms with E-state index in [0.717, 1.165) is 16.9 Å². The van der Waals surface area contributed by atoms with Gasteiger partial charge in [-0.1, -0.05) is 36.1 Å². The number of carbonyl (C=O) groups excluding carboxylic acids is 3. The summed E-state index contributed by atoms with van der Waals surface area (Å²) in [5.41, 5.74) is 1.79. The fourth-order valence-electron chi connectivity index (χ4n) is 5.05. The molecule has 0 bridgehead atoms. The lowest BCUT2D eigenvalue weighted by atomic mass is 9.93. The van der Waals surface area contributed by atoms with Crippen molar-refractivity contribution in [1.29, 1.82) is 0 Å². The monoisotopic (exact) mass is 576 g/mol. The molecule has 10 nitrogen and oxygen atoms in total. The largest absolute Gasteiger partial charge is 0.507 e. The van der Waals surface area contributed by atoms with Gasteiger partial charge in [-0.05, 0) is 43.7 Å². The Morgan fingerprint density at radius 3 is 2.73 bits per heavy atom. The van der Waals surface area contributed by atoms with Gasteiger partial charge in [-0.15, -0.1) is 0 Å². The molecule has 2 unspecified atom stereocenters. The molecule has 3 heterocycles. The minimum absolute atomic E-state index is 0.00161. The van der Waals surface area contributed by atoms with Gasteiger partial charge in [0.25, 0.3) is 5.78 Å². The quantitative estimate of drug-likeness (QED) is 0.133. The van der Waals surface area contributed by atoms with E-state index in [1.165, 1.54) is 25.2 Å². The standard InChI is InChI=1S/C30H28N2O8S/c1-6-12-39-29(36)27-16(3)31-30(41-27)32-23(19-8-7-9-21(37-4)26(19)38-5)22(25(34)28(32)35)24(33)17-10-11-20-18(14-17)13-15(2)40-20/h6-11,14-15,23,33H,1,12-13H2,2-5H3/b24-22+. The number of ether oxygens (including phenoxy) is 4. The highest BCUT2D eigenvalue weighted by Crippen LogP contribution is 2.48. The average Bonchev–Trinajstić information content (AvgIpc) is 3.62. The van der Waals surface area contributed by atoms with Gasteiger partial charge in [-0.2, -0.15) is 0 Å². The van der Waals surface area contributed by atoms with Crippen LogP contribution < -0.4 is 19.1 Å². The Bertz CT molecular complexity index is 1610. The zero-order chi connectivity index (χ0) is 29.4. The highest BCUT2D eigenvalue weighted by Gasteiger charge is 2.49. The molecule has 1 aromatic heterocycles. The Labute approximate surface area is 240 Å². The van der Waals surface area contributed by atoms with Crippen molar-refractivity contribution in [3.05, 3.63) is 81.9 Å². The van der Waals surface area contributed by atoms with Crippen LogP contribution in [-0.4, -0.2) is 54.7 Å². The summed E-state index contributed by atoms with van der Waals surface area (Å²) < 4.78 is 22.1. The highest BCUT2D eigenvalue weighted by molar-refractivity contribution is 7.17. The van der Waals surface area contributed by atoms with Crippen molar-refractivity contribution in [2.75, 3.05) is 25.7 Å². The Morgan fingerprint density at radius 2 is 2.02 bits per heavy atom. The van der Waals surface area contributed by atoms with E-state index in [9.17, 15) is 19.5 Å². The van der Waals surface area contributed by atoms with Gasteiger partial charge < -0.3 is 24.1 Å². The van der Waals surface area contributed by atoms with Crippen LogP contribution in [0.4, 0.5) is 5.13 Å². The summed E-state index contributed by atoms with van der Waals surface area (Å²) in [6.45, 7) is 7.09. The zero-order valence-electron chi connectivity index (χ0n) is 22.9. The molecular formula is C30H28N2O8S. The first-order chi connectivity index (χ1) is 19.7. The molecule has 3 aromatic rings. The van der Waals surface area contributed by atoms with Gasteiger partial charge in [-0.25, -0.2) is 9.78 Å². The normalized spacial score (nSPS) is 19.1. The number of para-hydroxylation sites is 1. The van der Waals surface area contributed by atoms with Crippen molar-refractivity contribution >= 4 is 39.9 Å². The predicted octanol–water partition coefficient (Wildman–Crippen LogP) is 4.76. The highest BCUT2D eigenvalue weighted by atomic mass is 32.1. The average molecular weight is 577 g/mol. The number of ketones is 1. The smallest absolute Gasteiger partial charge is 0.350 e. The van der Waals surface area contributed by atoms with Gasteiger partial charge in [0.2, 0.25) is 0 Å². The van der Waals surface area contributed by atoms with Crippen LogP contribution in [0.2, 0.25) is 0 Å². The summed E-state index contributed by atoms with van der Waals surface area (Å²) in [6.07, 6.45) is 2.06. The van der Waals surface area contributed by atoms with Crippen LogP contribution in [0.15, 0.2) is 54.6 Å². The molecule has 0 radical (unpaired) electrons. The Kier molecular flexibility index (Phi) is 7.55. The first-order valence-corrected chi connectivity index (χ1v) is 13.6. The van der Waals surface area contributed by atoms with E-state index < -0.39 is 23.7 Å². The molecule has 1 fully saturated rings. The Balaban J connectivity index is 1.71. The number of rotatable bonds is 8. The van der Waals surface area contributed by atoms with Crippen molar-refractivity contribution in [2.24, 2.45) is 0 Å². The summed E-state index contributed by atoms with van der Waals surface area (Å²) in [7, 11) is 2.91. The molecule has 2 aromatic carbocycles. The molecule has 2 aliphatic rings. The number of Topliss-reactive ketones (excluding diaryl/α,β-unsaturated/α-hetero) is 1. The van der Waals surface area contributed by atoms with E-state index in [0.29, 0.717) is 34.7 Å². The second-order valence-corrected chi connectivity index (χ2v) is 10.5. The number of aliphatic hydroxyl groups excluding tert-OH is 1. The fraction of sp³-hybridized carbons (Fsp3) is 0.267. The molecule has 1 amide bonds. The van der Waals surface area contributed by atoms with Crippen molar-refractivity contribution in [3.8, 4) is 17.2 Å². The topological polar surface area (TPSA) is 124 Å². The van der Waals surface area contributed by atoms with E-state index in [1.54, 1.807) is 43.3 Å².